The second kappa shape index (κ2) is 7.80. The molecule has 21 heavy (non-hydrogen) atoms. The smallest absolute Gasteiger partial charge is 0.261 e. The van der Waals surface area contributed by atoms with Crippen molar-refractivity contribution >= 4 is 0 Å². The molecule has 114 valence electrons. The Bertz CT molecular complexity index is 534. The molecule has 2 rings (SSSR count). The highest BCUT2D eigenvalue weighted by atomic mass is 19.3. The van der Waals surface area contributed by atoms with E-state index in [1.165, 1.54) is 0 Å². The van der Waals surface area contributed by atoms with Gasteiger partial charge in [0.25, 0.3) is 6.43 Å². The minimum Gasteiger partial charge on any atom is -0.375 e. The van der Waals surface area contributed by atoms with Gasteiger partial charge < -0.3 is 15.0 Å². The lowest BCUT2D eigenvalue weighted by molar-refractivity contribution is 0.0182. The monoisotopic (exact) mass is 297 g/mol. The SMILES string of the molecule is N[C@H](Cc1ccccc1)c1nc(CCOCC(F)F)no1. The molecule has 7 heteroatoms. The van der Waals surface area contributed by atoms with Gasteiger partial charge in [-0.2, -0.15) is 4.98 Å². The Labute approximate surface area is 121 Å². The molecule has 1 aromatic heterocycles. The van der Waals surface area contributed by atoms with Crippen molar-refractivity contribution in [3.63, 3.8) is 0 Å². The minimum atomic E-state index is -2.47. The van der Waals surface area contributed by atoms with Crippen LogP contribution in [0.4, 0.5) is 8.78 Å². The van der Waals surface area contributed by atoms with Crippen molar-refractivity contribution in [2.75, 3.05) is 13.2 Å². The maximum atomic E-state index is 11.9. The highest BCUT2D eigenvalue weighted by Gasteiger charge is 2.15. The fourth-order valence-corrected chi connectivity index (χ4v) is 1.81. The first kappa shape index (κ1) is 15.5. The van der Waals surface area contributed by atoms with Crippen molar-refractivity contribution in [3.05, 3.63) is 47.6 Å². The quantitative estimate of drug-likeness (QED) is 0.756. The highest BCUT2D eigenvalue weighted by molar-refractivity contribution is 5.16. The van der Waals surface area contributed by atoms with Crippen LogP contribution >= 0.6 is 0 Å². The van der Waals surface area contributed by atoms with E-state index in [2.05, 4.69) is 10.1 Å². The Balaban J connectivity index is 1.81. The van der Waals surface area contributed by atoms with E-state index in [0.29, 0.717) is 24.6 Å². The molecule has 0 saturated carbocycles. The van der Waals surface area contributed by atoms with Gasteiger partial charge >= 0.3 is 0 Å². The predicted molar refractivity (Wildman–Crippen MR) is 71.9 cm³/mol. The molecule has 0 bridgehead atoms. The third kappa shape index (κ3) is 5.20. The molecule has 0 saturated heterocycles. The Morgan fingerprint density at radius 1 is 1.24 bits per heavy atom. The number of nitrogens with zero attached hydrogens (tertiary/aromatic N) is 2. The van der Waals surface area contributed by atoms with Gasteiger partial charge in [-0.05, 0) is 12.0 Å². The maximum absolute atomic E-state index is 11.9. The molecule has 0 amide bonds. The summed E-state index contributed by atoms with van der Waals surface area (Å²) in [6.45, 7) is -0.463. The number of halogens is 2. The van der Waals surface area contributed by atoms with Gasteiger partial charge in [0.2, 0.25) is 5.89 Å². The Kier molecular flexibility index (Phi) is 5.77. The molecule has 5 nitrogen and oxygen atoms in total. The first-order valence-corrected chi connectivity index (χ1v) is 6.63. The normalized spacial score (nSPS) is 12.8. The Hall–Kier alpha value is -1.86. The summed E-state index contributed by atoms with van der Waals surface area (Å²) in [5.74, 6) is 0.741. The molecule has 2 N–H and O–H groups in total. The van der Waals surface area contributed by atoms with E-state index < -0.39 is 19.1 Å². The van der Waals surface area contributed by atoms with Crippen molar-refractivity contribution in [1.82, 2.24) is 10.1 Å². The highest BCUT2D eigenvalue weighted by Crippen LogP contribution is 2.14. The minimum absolute atomic E-state index is 0.122. The van der Waals surface area contributed by atoms with Crippen molar-refractivity contribution < 1.29 is 18.0 Å². The largest absolute Gasteiger partial charge is 0.375 e. The molecule has 0 spiro atoms. The number of aromatic nitrogens is 2. The number of ether oxygens (including phenoxy) is 1. The molecule has 0 aliphatic heterocycles. The zero-order valence-corrected chi connectivity index (χ0v) is 11.4. The maximum Gasteiger partial charge on any atom is 0.261 e. The fourth-order valence-electron chi connectivity index (χ4n) is 1.81. The van der Waals surface area contributed by atoms with Crippen LogP contribution in [0.5, 0.6) is 0 Å². The number of benzene rings is 1. The van der Waals surface area contributed by atoms with Gasteiger partial charge in [0.05, 0.1) is 12.6 Å². The summed E-state index contributed by atoms with van der Waals surface area (Å²) in [6, 6.07) is 9.34. The summed E-state index contributed by atoms with van der Waals surface area (Å²) in [5.41, 5.74) is 7.08. The van der Waals surface area contributed by atoms with Crippen molar-refractivity contribution in [3.8, 4) is 0 Å². The molecule has 1 heterocycles. The summed E-state index contributed by atoms with van der Waals surface area (Å²) in [4.78, 5) is 4.15. The molecular formula is C14H17F2N3O2. The molecule has 0 aliphatic rings. The van der Waals surface area contributed by atoms with Crippen LogP contribution in [0.2, 0.25) is 0 Å². The lowest BCUT2D eigenvalue weighted by Gasteiger charge is -2.06. The fraction of sp³-hybridized carbons (Fsp3) is 0.429. The number of rotatable bonds is 8. The molecule has 2 aromatic rings. The molecule has 1 aromatic carbocycles. The predicted octanol–water partition coefficient (Wildman–Crippen LogP) is 2.14. The number of hydrogen-bond acceptors (Lipinski definition) is 5. The van der Waals surface area contributed by atoms with Gasteiger partial charge in [-0.25, -0.2) is 8.78 Å². The van der Waals surface area contributed by atoms with Crippen LogP contribution < -0.4 is 5.73 Å². The van der Waals surface area contributed by atoms with Crippen LogP contribution in [0.15, 0.2) is 34.9 Å². The lowest BCUT2D eigenvalue weighted by Crippen LogP contribution is -2.14. The zero-order chi connectivity index (χ0) is 15.1. The van der Waals surface area contributed by atoms with Crippen molar-refractivity contribution in [2.45, 2.75) is 25.3 Å². The first-order valence-electron chi connectivity index (χ1n) is 6.63. The van der Waals surface area contributed by atoms with Crippen LogP contribution in [0.25, 0.3) is 0 Å². The standard InChI is InChI=1S/C14H17F2N3O2/c15-12(16)9-20-7-6-13-18-14(21-19-13)11(17)8-10-4-2-1-3-5-10/h1-5,11-12H,6-9,17H2/t11-/m1/s1. The Morgan fingerprint density at radius 2 is 2.00 bits per heavy atom. The summed E-state index contributed by atoms with van der Waals surface area (Å²) >= 11 is 0. The summed E-state index contributed by atoms with van der Waals surface area (Å²) in [5, 5.41) is 3.76. The van der Waals surface area contributed by atoms with Gasteiger partial charge in [0.15, 0.2) is 5.82 Å². The molecule has 0 aliphatic carbocycles. The van der Waals surface area contributed by atoms with Crippen molar-refractivity contribution in [1.29, 1.82) is 0 Å². The Morgan fingerprint density at radius 3 is 2.71 bits per heavy atom. The van der Waals surface area contributed by atoms with Crippen LogP contribution in [0.3, 0.4) is 0 Å². The molecule has 1 atom stereocenters. The summed E-state index contributed by atoms with van der Waals surface area (Å²) < 4.78 is 33.6. The van der Waals surface area contributed by atoms with E-state index in [1.807, 2.05) is 30.3 Å². The average molecular weight is 297 g/mol. The second-order valence-electron chi connectivity index (χ2n) is 4.56. The van der Waals surface area contributed by atoms with Gasteiger partial charge in [0.1, 0.15) is 6.61 Å². The number of alkyl halides is 2. The lowest BCUT2D eigenvalue weighted by atomic mass is 10.1. The van der Waals surface area contributed by atoms with E-state index in [0.717, 1.165) is 5.56 Å². The van der Waals surface area contributed by atoms with Gasteiger partial charge in [-0.1, -0.05) is 35.5 Å². The van der Waals surface area contributed by atoms with E-state index in [1.54, 1.807) is 0 Å². The van der Waals surface area contributed by atoms with Gasteiger partial charge in [0, 0.05) is 6.42 Å². The summed E-state index contributed by atoms with van der Waals surface area (Å²) in [7, 11) is 0. The van der Waals surface area contributed by atoms with Gasteiger partial charge in [-0.15, -0.1) is 0 Å². The second-order valence-corrected chi connectivity index (χ2v) is 4.56. The van der Waals surface area contributed by atoms with E-state index >= 15 is 0 Å². The molecule has 0 unspecified atom stereocenters. The van der Waals surface area contributed by atoms with E-state index in [9.17, 15) is 8.78 Å². The first-order chi connectivity index (χ1) is 10.1. The summed E-state index contributed by atoms with van der Waals surface area (Å²) in [6.07, 6.45) is -1.57. The van der Waals surface area contributed by atoms with Gasteiger partial charge in [-0.3, -0.25) is 0 Å². The molecule has 0 fully saturated rings. The van der Waals surface area contributed by atoms with E-state index in [4.69, 9.17) is 15.0 Å². The third-order valence-corrected chi connectivity index (χ3v) is 2.81. The molecule has 0 radical (unpaired) electrons. The average Bonchev–Trinajstić information content (AvgIpc) is 2.93. The van der Waals surface area contributed by atoms with Crippen molar-refractivity contribution in [2.24, 2.45) is 5.73 Å². The zero-order valence-electron chi connectivity index (χ0n) is 11.4. The number of nitrogens with two attached hydrogens (primary N) is 1. The number of hydrogen-bond donors (Lipinski definition) is 1. The van der Waals surface area contributed by atoms with Crippen LogP contribution in [-0.2, 0) is 17.6 Å². The van der Waals surface area contributed by atoms with Crippen LogP contribution in [0.1, 0.15) is 23.3 Å². The van der Waals surface area contributed by atoms with Crippen LogP contribution in [-0.4, -0.2) is 29.8 Å². The van der Waals surface area contributed by atoms with Crippen LogP contribution in [0, 0.1) is 0 Å². The topological polar surface area (TPSA) is 74.2 Å². The van der Waals surface area contributed by atoms with E-state index in [-0.39, 0.29) is 6.61 Å². The third-order valence-electron chi connectivity index (χ3n) is 2.81. The molecular weight excluding hydrogens is 280 g/mol.